The highest BCUT2D eigenvalue weighted by Gasteiger charge is 2.23. The summed E-state index contributed by atoms with van der Waals surface area (Å²) in [5.41, 5.74) is 7.98. The molecular weight excluding hydrogens is 293 g/mol. The SMILES string of the molecule is CCN1CCCC1CN(C)Cc1cccc(N)c1.Cl.Cl. The van der Waals surface area contributed by atoms with E-state index in [1.54, 1.807) is 0 Å². The van der Waals surface area contributed by atoms with Gasteiger partial charge in [-0.1, -0.05) is 19.1 Å². The van der Waals surface area contributed by atoms with E-state index in [4.69, 9.17) is 5.73 Å². The third kappa shape index (κ3) is 5.49. The molecule has 1 atom stereocenters. The van der Waals surface area contributed by atoms with Crippen LogP contribution in [0.5, 0.6) is 0 Å². The van der Waals surface area contributed by atoms with Crippen LogP contribution in [0.15, 0.2) is 24.3 Å². The van der Waals surface area contributed by atoms with Crippen molar-refractivity contribution in [2.24, 2.45) is 0 Å². The van der Waals surface area contributed by atoms with Crippen LogP contribution in [0.2, 0.25) is 0 Å². The predicted octanol–water partition coefficient (Wildman–Crippen LogP) is 3.03. The van der Waals surface area contributed by atoms with Gasteiger partial charge in [-0.3, -0.25) is 4.90 Å². The quantitative estimate of drug-likeness (QED) is 0.847. The first-order chi connectivity index (χ1) is 8.69. The summed E-state index contributed by atoms with van der Waals surface area (Å²) in [6.45, 7) is 6.85. The first-order valence-electron chi connectivity index (χ1n) is 6.96. The van der Waals surface area contributed by atoms with Crippen LogP contribution in [0.1, 0.15) is 25.3 Å². The largest absolute Gasteiger partial charge is 0.399 e. The van der Waals surface area contributed by atoms with Gasteiger partial charge in [-0.05, 0) is 50.7 Å². The van der Waals surface area contributed by atoms with Gasteiger partial charge in [0.25, 0.3) is 0 Å². The van der Waals surface area contributed by atoms with Gasteiger partial charge in [0.2, 0.25) is 0 Å². The van der Waals surface area contributed by atoms with E-state index in [-0.39, 0.29) is 24.8 Å². The van der Waals surface area contributed by atoms with E-state index in [0.717, 1.165) is 24.8 Å². The first-order valence-corrected chi connectivity index (χ1v) is 6.96. The molecular formula is C15H27Cl2N3. The molecule has 3 nitrogen and oxygen atoms in total. The third-order valence-corrected chi connectivity index (χ3v) is 3.83. The minimum absolute atomic E-state index is 0. The Hall–Kier alpha value is -0.480. The van der Waals surface area contributed by atoms with Gasteiger partial charge in [0.05, 0.1) is 0 Å². The third-order valence-electron chi connectivity index (χ3n) is 3.83. The second kappa shape index (κ2) is 9.46. The monoisotopic (exact) mass is 319 g/mol. The van der Waals surface area contributed by atoms with E-state index in [1.165, 1.54) is 31.5 Å². The van der Waals surface area contributed by atoms with Crippen molar-refractivity contribution in [3.8, 4) is 0 Å². The maximum atomic E-state index is 5.81. The van der Waals surface area contributed by atoms with Crippen LogP contribution in [0.3, 0.4) is 0 Å². The summed E-state index contributed by atoms with van der Waals surface area (Å²) < 4.78 is 0. The van der Waals surface area contributed by atoms with Gasteiger partial charge in [-0.25, -0.2) is 0 Å². The van der Waals surface area contributed by atoms with Crippen molar-refractivity contribution in [1.29, 1.82) is 0 Å². The Morgan fingerprint density at radius 3 is 2.75 bits per heavy atom. The van der Waals surface area contributed by atoms with Crippen molar-refractivity contribution in [3.05, 3.63) is 29.8 Å². The number of nitrogens with two attached hydrogens (primary N) is 1. The predicted molar refractivity (Wildman–Crippen MR) is 92.0 cm³/mol. The number of halogens is 2. The van der Waals surface area contributed by atoms with E-state index in [0.29, 0.717) is 0 Å². The van der Waals surface area contributed by atoms with Crippen LogP contribution in [0.25, 0.3) is 0 Å². The first kappa shape index (κ1) is 19.5. The number of hydrogen-bond donors (Lipinski definition) is 1. The number of nitrogens with zero attached hydrogens (tertiary/aromatic N) is 2. The Labute approximate surface area is 135 Å². The molecule has 1 heterocycles. The van der Waals surface area contributed by atoms with E-state index in [9.17, 15) is 0 Å². The summed E-state index contributed by atoms with van der Waals surface area (Å²) >= 11 is 0. The van der Waals surface area contributed by atoms with Gasteiger partial charge in [0.15, 0.2) is 0 Å². The van der Waals surface area contributed by atoms with Crippen LogP contribution >= 0.6 is 24.8 Å². The van der Waals surface area contributed by atoms with Gasteiger partial charge in [-0.2, -0.15) is 0 Å². The highest BCUT2D eigenvalue weighted by molar-refractivity contribution is 5.85. The zero-order chi connectivity index (χ0) is 13.0. The Bertz CT molecular complexity index is 387. The maximum Gasteiger partial charge on any atom is 0.0317 e. The summed E-state index contributed by atoms with van der Waals surface area (Å²) in [4.78, 5) is 5.00. The fourth-order valence-electron chi connectivity index (χ4n) is 2.95. The van der Waals surface area contributed by atoms with Crippen molar-refractivity contribution in [1.82, 2.24) is 9.80 Å². The number of anilines is 1. The van der Waals surface area contributed by atoms with E-state index in [2.05, 4.69) is 35.9 Å². The smallest absolute Gasteiger partial charge is 0.0317 e. The number of likely N-dealkylation sites (N-methyl/N-ethyl adjacent to an activating group) is 2. The normalized spacial score (nSPS) is 18.6. The molecule has 1 aliphatic rings. The molecule has 0 radical (unpaired) electrons. The molecule has 1 aromatic carbocycles. The highest BCUT2D eigenvalue weighted by atomic mass is 35.5. The zero-order valence-corrected chi connectivity index (χ0v) is 14.1. The molecule has 1 aliphatic heterocycles. The molecule has 1 saturated heterocycles. The second-order valence-electron chi connectivity index (χ2n) is 5.37. The van der Waals surface area contributed by atoms with E-state index in [1.807, 2.05) is 12.1 Å². The fraction of sp³-hybridized carbons (Fsp3) is 0.600. The molecule has 5 heteroatoms. The molecule has 20 heavy (non-hydrogen) atoms. The molecule has 0 aliphatic carbocycles. The van der Waals surface area contributed by atoms with Crippen molar-refractivity contribution in [3.63, 3.8) is 0 Å². The average Bonchev–Trinajstić information content (AvgIpc) is 2.76. The molecule has 0 aromatic heterocycles. The second-order valence-corrected chi connectivity index (χ2v) is 5.37. The van der Waals surface area contributed by atoms with Gasteiger partial charge in [-0.15, -0.1) is 24.8 Å². The van der Waals surface area contributed by atoms with Gasteiger partial charge >= 0.3 is 0 Å². The minimum Gasteiger partial charge on any atom is -0.399 e. The molecule has 1 aromatic rings. The van der Waals surface area contributed by atoms with Crippen LogP contribution in [-0.2, 0) is 6.54 Å². The number of nitrogen functional groups attached to an aromatic ring is 1. The highest BCUT2D eigenvalue weighted by Crippen LogP contribution is 2.18. The Balaban J connectivity index is 0.00000180. The summed E-state index contributed by atoms with van der Waals surface area (Å²) in [6.07, 6.45) is 2.69. The minimum atomic E-state index is 0. The number of likely N-dealkylation sites (tertiary alicyclic amines) is 1. The van der Waals surface area contributed by atoms with Gasteiger partial charge < -0.3 is 10.6 Å². The number of rotatable bonds is 5. The van der Waals surface area contributed by atoms with E-state index < -0.39 is 0 Å². The van der Waals surface area contributed by atoms with Crippen LogP contribution in [0, 0.1) is 0 Å². The van der Waals surface area contributed by atoms with Crippen molar-refractivity contribution in [2.45, 2.75) is 32.4 Å². The van der Waals surface area contributed by atoms with Crippen molar-refractivity contribution >= 4 is 30.5 Å². The Kier molecular flexibility index (Phi) is 9.23. The lowest BCUT2D eigenvalue weighted by atomic mass is 10.1. The molecule has 1 unspecified atom stereocenters. The molecule has 0 saturated carbocycles. The summed E-state index contributed by atoms with van der Waals surface area (Å²) in [5.74, 6) is 0. The molecule has 1 fully saturated rings. The average molecular weight is 320 g/mol. The molecule has 116 valence electrons. The van der Waals surface area contributed by atoms with Crippen molar-refractivity contribution < 1.29 is 0 Å². The van der Waals surface area contributed by atoms with Crippen LogP contribution in [-0.4, -0.2) is 42.5 Å². The van der Waals surface area contributed by atoms with Gasteiger partial charge in [0, 0.05) is 24.8 Å². The molecule has 2 rings (SSSR count). The lowest BCUT2D eigenvalue weighted by Crippen LogP contribution is -2.38. The molecule has 0 bridgehead atoms. The summed E-state index contributed by atoms with van der Waals surface area (Å²) in [5, 5.41) is 0. The fourth-order valence-corrected chi connectivity index (χ4v) is 2.95. The molecule has 2 N–H and O–H groups in total. The number of benzene rings is 1. The zero-order valence-electron chi connectivity index (χ0n) is 12.4. The Morgan fingerprint density at radius 1 is 1.35 bits per heavy atom. The number of hydrogen-bond acceptors (Lipinski definition) is 3. The summed E-state index contributed by atoms with van der Waals surface area (Å²) in [6, 6.07) is 8.94. The van der Waals surface area contributed by atoms with Gasteiger partial charge in [0.1, 0.15) is 0 Å². The van der Waals surface area contributed by atoms with E-state index >= 15 is 0 Å². The molecule has 0 amide bonds. The lowest BCUT2D eigenvalue weighted by Gasteiger charge is -2.27. The van der Waals surface area contributed by atoms with Crippen molar-refractivity contribution in [2.75, 3.05) is 32.4 Å². The Morgan fingerprint density at radius 2 is 2.10 bits per heavy atom. The van der Waals surface area contributed by atoms with Crippen LogP contribution in [0.4, 0.5) is 5.69 Å². The van der Waals surface area contributed by atoms with Crippen LogP contribution < -0.4 is 5.73 Å². The molecule has 0 spiro atoms. The summed E-state index contributed by atoms with van der Waals surface area (Å²) in [7, 11) is 2.20. The lowest BCUT2D eigenvalue weighted by molar-refractivity contribution is 0.195. The topological polar surface area (TPSA) is 32.5 Å². The standard InChI is InChI=1S/C15H25N3.2ClH/c1-3-18-9-5-8-15(18)12-17(2)11-13-6-4-7-14(16)10-13;;/h4,6-7,10,15H,3,5,8-9,11-12,16H2,1-2H3;2*1H. The maximum absolute atomic E-state index is 5.81.